The van der Waals surface area contributed by atoms with Crippen LogP contribution in [0.4, 0.5) is 0 Å². The number of carboxylic acid groups (broad SMARTS) is 2. The maximum Gasteiger partial charge on any atom is 0.317 e. The number of piperidine rings is 2. The first-order valence-corrected chi connectivity index (χ1v) is 8.88. The molecule has 2 aliphatic rings. The van der Waals surface area contributed by atoms with Gasteiger partial charge in [-0.3, -0.25) is 19.4 Å². The number of carboxylic acids is 2. The first-order valence-electron chi connectivity index (χ1n) is 8.88. The summed E-state index contributed by atoms with van der Waals surface area (Å²) in [6.07, 6.45) is 2.05. The van der Waals surface area contributed by atoms with Gasteiger partial charge in [0.15, 0.2) is 0 Å². The molecule has 0 radical (unpaired) electrons. The molecule has 2 atom stereocenters. The highest BCUT2D eigenvalue weighted by atomic mass is 16.4. The maximum absolute atomic E-state index is 12.2. The Hall–Kier alpha value is -1.92. The summed E-state index contributed by atoms with van der Waals surface area (Å²) in [5.74, 6) is -1.68. The van der Waals surface area contributed by atoms with E-state index >= 15 is 0 Å². The lowest BCUT2D eigenvalue weighted by atomic mass is 9.69. The Balaban J connectivity index is 1.79. The van der Waals surface area contributed by atoms with Gasteiger partial charge in [0.05, 0.1) is 12.0 Å². The Kier molecular flexibility index (Phi) is 5.11. The molecular formula is C19H26N2O4. The molecule has 0 spiro atoms. The van der Waals surface area contributed by atoms with Gasteiger partial charge in [0, 0.05) is 25.7 Å². The van der Waals surface area contributed by atoms with E-state index in [9.17, 15) is 14.7 Å². The number of aryl methyl sites for hydroxylation is 1. The average molecular weight is 346 g/mol. The molecule has 1 aromatic carbocycles. The first kappa shape index (κ1) is 17.9. The fourth-order valence-corrected chi connectivity index (χ4v) is 4.58. The molecule has 6 heteroatoms. The van der Waals surface area contributed by atoms with Gasteiger partial charge in [-0.15, -0.1) is 0 Å². The Bertz CT molecular complexity index is 663. The van der Waals surface area contributed by atoms with Crippen LogP contribution in [-0.2, 0) is 16.1 Å². The highest BCUT2D eigenvalue weighted by Gasteiger charge is 2.53. The SMILES string of the molecule is Cc1cccc(CN2CC[C@H]3N(CC(=O)O)CCC[C@]3(C(=O)O)C2)c1. The second-order valence-corrected chi connectivity index (χ2v) is 7.43. The summed E-state index contributed by atoms with van der Waals surface area (Å²) in [6, 6.07) is 8.10. The van der Waals surface area contributed by atoms with Crippen molar-refractivity contribution >= 4 is 11.9 Å². The average Bonchev–Trinajstić information content (AvgIpc) is 2.54. The minimum absolute atomic E-state index is 0.0718. The van der Waals surface area contributed by atoms with Gasteiger partial charge in [-0.2, -0.15) is 0 Å². The molecule has 0 aromatic heterocycles. The Morgan fingerprint density at radius 2 is 2.08 bits per heavy atom. The molecule has 6 nitrogen and oxygen atoms in total. The number of rotatable bonds is 5. The lowest BCUT2D eigenvalue weighted by molar-refractivity contribution is -0.166. The van der Waals surface area contributed by atoms with E-state index < -0.39 is 17.4 Å². The van der Waals surface area contributed by atoms with Crippen molar-refractivity contribution in [3.05, 3.63) is 35.4 Å². The van der Waals surface area contributed by atoms with Crippen molar-refractivity contribution in [2.24, 2.45) is 5.41 Å². The van der Waals surface area contributed by atoms with Crippen LogP contribution in [-0.4, -0.2) is 64.2 Å². The summed E-state index contributed by atoms with van der Waals surface area (Å²) >= 11 is 0. The number of hydrogen-bond donors (Lipinski definition) is 2. The van der Waals surface area contributed by atoms with Crippen LogP contribution < -0.4 is 0 Å². The van der Waals surface area contributed by atoms with Crippen molar-refractivity contribution in [2.45, 2.75) is 38.8 Å². The summed E-state index contributed by atoms with van der Waals surface area (Å²) < 4.78 is 0. The molecule has 0 amide bonds. The molecule has 1 aromatic rings. The zero-order valence-corrected chi connectivity index (χ0v) is 14.6. The smallest absolute Gasteiger partial charge is 0.317 e. The predicted octanol–water partition coefficient (Wildman–Crippen LogP) is 1.82. The zero-order chi connectivity index (χ0) is 18.0. The lowest BCUT2D eigenvalue weighted by Crippen LogP contribution is -2.64. The number of likely N-dealkylation sites (tertiary alicyclic amines) is 2. The molecule has 25 heavy (non-hydrogen) atoms. The summed E-state index contributed by atoms with van der Waals surface area (Å²) in [4.78, 5) is 27.4. The fraction of sp³-hybridized carbons (Fsp3) is 0.579. The second-order valence-electron chi connectivity index (χ2n) is 7.43. The van der Waals surface area contributed by atoms with Gasteiger partial charge in [-0.1, -0.05) is 29.8 Å². The Morgan fingerprint density at radius 1 is 1.28 bits per heavy atom. The van der Waals surface area contributed by atoms with Crippen LogP contribution in [0.3, 0.4) is 0 Å². The van der Waals surface area contributed by atoms with Crippen molar-refractivity contribution in [3.63, 3.8) is 0 Å². The summed E-state index contributed by atoms with van der Waals surface area (Å²) in [5.41, 5.74) is 1.53. The van der Waals surface area contributed by atoms with E-state index in [1.54, 1.807) is 0 Å². The number of hydrogen-bond acceptors (Lipinski definition) is 4. The van der Waals surface area contributed by atoms with Crippen molar-refractivity contribution in [3.8, 4) is 0 Å². The van der Waals surface area contributed by atoms with Crippen LogP contribution in [0.25, 0.3) is 0 Å². The normalized spacial score (nSPS) is 27.6. The summed E-state index contributed by atoms with van der Waals surface area (Å²) in [6.45, 7) is 4.67. The van der Waals surface area contributed by atoms with Crippen LogP contribution in [0.2, 0.25) is 0 Å². The third kappa shape index (κ3) is 3.70. The summed E-state index contributed by atoms with van der Waals surface area (Å²) in [7, 11) is 0. The number of carbonyl (C=O) groups is 2. The standard InChI is InChI=1S/C19H26N2O4/c1-14-4-2-5-15(10-14)11-20-9-6-16-19(13-20,18(24)25)7-3-8-21(16)12-17(22)23/h2,4-5,10,16H,3,6-9,11-13H2,1H3,(H,22,23)(H,24,25)/t16-,19+/m1/s1. The molecule has 2 heterocycles. The molecule has 2 fully saturated rings. The van der Waals surface area contributed by atoms with Crippen molar-refractivity contribution in [1.82, 2.24) is 9.80 Å². The van der Waals surface area contributed by atoms with Gasteiger partial charge in [0.25, 0.3) is 0 Å². The van der Waals surface area contributed by atoms with Crippen molar-refractivity contribution in [2.75, 3.05) is 26.2 Å². The lowest BCUT2D eigenvalue weighted by Gasteiger charge is -2.52. The zero-order valence-electron chi connectivity index (χ0n) is 14.6. The maximum atomic E-state index is 12.2. The monoisotopic (exact) mass is 346 g/mol. The number of nitrogens with zero attached hydrogens (tertiary/aromatic N) is 2. The Morgan fingerprint density at radius 3 is 2.76 bits per heavy atom. The van der Waals surface area contributed by atoms with Crippen LogP contribution in [0.15, 0.2) is 24.3 Å². The molecule has 136 valence electrons. The van der Waals surface area contributed by atoms with E-state index in [1.807, 2.05) is 11.0 Å². The van der Waals surface area contributed by atoms with Crippen LogP contribution in [0, 0.1) is 12.3 Å². The molecule has 2 saturated heterocycles. The van der Waals surface area contributed by atoms with E-state index in [0.717, 1.165) is 19.5 Å². The highest BCUT2D eigenvalue weighted by Crippen LogP contribution is 2.42. The largest absolute Gasteiger partial charge is 0.481 e. The molecule has 0 aliphatic carbocycles. The van der Waals surface area contributed by atoms with Gasteiger partial charge in [0.1, 0.15) is 0 Å². The van der Waals surface area contributed by atoms with Gasteiger partial charge >= 0.3 is 11.9 Å². The fourth-order valence-electron chi connectivity index (χ4n) is 4.58. The molecule has 0 saturated carbocycles. The van der Waals surface area contributed by atoms with Crippen LogP contribution in [0.5, 0.6) is 0 Å². The third-order valence-corrected chi connectivity index (χ3v) is 5.62. The summed E-state index contributed by atoms with van der Waals surface area (Å²) in [5, 5.41) is 19.2. The second kappa shape index (κ2) is 7.14. The predicted molar refractivity (Wildman–Crippen MR) is 93.4 cm³/mol. The van der Waals surface area contributed by atoms with E-state index in [2.05, 4.69) is 30.0 Å². The minimum atomic E-state index is -0.886. The topological polar surface area (TPSA) is 81.1 Å². The molecular weight excluding hydrogens is 320 g/mol. The molecule has 2 N–H and O–H groups in total. The Labute approximate surface area is 148 Å². The number of benzene rings is 1. The molecule has 2 aliphatic heterocycles. The third-order valence-electron chi connectivity index (χ3n) is 5.62. The van der Waals surface area contributed by atoms with Crippen LogP contribution >= 0.6 is 0 Å². The highest BCUT2D eigenvalue weighted by molar-refractivity contribution is 5.77. The molecule has 3 rings (SSSR count). The van der Waals surface area contributed by atoms with E-state index in [1.165, 1.54) is 11.1 Å². The number of aliphatic carboxylic acids is 2. The van der Waals surface area contributed by atoms with Gasteiger partial charge in [0.2, 0.25) is 0 Å². The van der Waals surface area contributed by atoms with Crippen molar-refractivity contribution < 1.29 is 19.8 Å². The van der Waals surface area contributed by atoms with Gasteiger partial charge < -0.3 is 10.2 Å². The quantitative estimate of drug-likeness (QED) is 0.846. The van der Waals surface area contributed by atoms with Gasteiger partial charge in [-0.25, -0.2) is 0 Å². The van der Waals surface area contributed by atoms with Gasteiger partial charge in [-0.05, 0) is 38.3 Å². The minimum Gasteiger partial charge on any atom is -0.481 e. The molecule has 0 unspecified atom stereocenters. The number of fused-ring (bicyclic) bond motifs is 1. The van der Waals surface area contributed by atoms with E-state index in [4.69, 9.17) is 5.11 Å². The van der Waals surface area contributed by atoms with E-state index in [0.29, 0.717) is 25.9 Å². The van der Waals surface area contributed by atoms with Crippen molar-refractivity contribution in [1.29, 1.82) is 0 Å². The first-order chi connectivity index (χ1) is 11.9. The van der Waals surface area contributed by atoms with E-state index in [-0.39, 0.29) is 12.6 Å². The molecule has 0 bridgehead atoms. The van der Waals surface area contributed by atoms with Crippen LogP contribution in [0.1, 0.15) is 30.4 Å².